The molecule has 0 radical (unpaired) electrons. The third-order valence-corrected chi connectivity index (χ3v) is 2.37. The van der Waals surface area contributed by atoms with Gasteiger partial charge in [0, 0.05) is 25.6 Å². The number of aromatic nitrogens is 3. The zero-order chi connectivity index (χ0) is 11.5. The fourth-order valence-electron chi connectivity index (χ4n) is 1.45. The number of hydrogen-bond acceptors (Lipinski definition) is 3. The van der Waals surface area contributed by atoms with Crippen molar-refractivity contribution in [1.82, 2.24) is 14.1 Å². The Hall–Kier alpha value is -2.35. The van der Waals surface area contributed by atoms with Crippen molar-refractivity contribution in [1.29, 1.82) is 5.26 Å². The largest absolute Gasteiger partial charge is 0.337 e. The van der Waals surface area contributed by atoms with Gasteiger partial charge in [0.25, 0.3) is 5.56 Å². The molecule has 2 rings (SSSR count). The van der Waals surface area contributed by atoms with E-state index >= 15 is 0 Å². The summed E-state index contributed by atoms with van der Waals surface area (Å²) in [5, 5.41) is 8.74. The van der Waals surface area contributed by atoms with Crippen molar-refractivity contribution in [3.05, 3.63) is 52.5 Å². The van der Waals surface area contributed by atoms with Crippen molar-refractivity contribution in [3.63, 3.8) is 0 Å². The summed E-state index contributed by atoms with van der Waals surface area (Å²) < 4.78 is 3.31. The molecule has 0 amide bonds. The van der Waals surface area contributed by atoms with E-state index in [0.29, 0.717) is 6.54 Å². The highest BCUT2D eigenvalue weighted by Gasteiger charge is 2.05. The molecule has 0 aliphatic rings. The van der Waals surface area contributed by atoms with Gasteiger partial charge in [0.05, 0.1) is 6.54 Å². The first-order valence-corrected chi connectivity index (χ1v) is 4.78. The highest BCUT2D eigenvalue weighted by atomic mass is 16.1. The van der Waals surface area contributed by atoms with E-state index in [0.717, 1.165) is 5.82 Å². The number of pyridine rings is 1. The van der Waals surface area contributed by atoms with E-state index < -0.39 is 0 Å². The van der Waals surface area contributed by atoms with Gasteiger partial charge in [0.1, 0.15) is 17.5 Å². The van der Waals surface area contributed by atoms with Gasteiger partial charge in [-0.3, -0.25) is 4.79 Å². The quantitative estimate of drug-likeness (QED) is 0.731. The number of rotatable bonds is 2. The smallest absolute Gasteiger partial charge is 0.268 e. The summed E-state index contributed by atoms with van der Waals surface area (Å²) in [5.74, 6) is 0.775. The van der Waals surface area contributed by atoms with Gasteiger partial charge in [-0.2, -0.15) is 5.26 Å². The fourth-order valence-corrected chi connectivity index (χ4v) is 1.45. The maximum Gasteiger partial charge on any atom is 0.268 e. The lowest BCUT2D eigenvalue weighted by Gasteiger charge is -2.05. The lowest BCUT2D eigenvalue weighted by Crippen LogP contribution is -2.23. The normalized spacial score (nSPS) is 10.0. The molecule has 0 spiro atoms. The first kappa shape index (κ1) is 10.2. The number of aryl methyl sites for hydroxylation is 1. The number of hydrogen-bond donors (Lipinski definition) is 0. The van der Waals surface area contributed by atoms with Gasteiger partial charge in [0.15, 0.2) is 0 Å². The van der Waals surface area contributed by atoms with E-state index in [1.54, 1.807) is 18.5 Å². The van der Waals surface area contributed by atoms with Crippen LogP contribution >= 0.6 is 0 Å². The molecule has 0 atom stereocenters. The summed E-state index contributed by atoms with van der Waals surface area (Å²) in [4.78, 5) is 15.9. The van der Waals surface area contributed by atoms with E-state index in [1.807, 2.05) is 23.9 Å². The molecule has 5 nitrogen and oxygen atoms in total. The third-order valence-electron chi connectivity index (χ3n) is 2.37. The molecule has 0 saturated heterocycles. The van der Waals surface area contributed by atoms with Crippen molar-refractivity contribution >= 4 is 0 Å². The second-order valence-electron chi connectivity index (χ2n) is 3.42. The van der Waals surface area contributed by atoms with Crippen molar-refractivity contribution in [3.8, 4) is 6.07 Å². The number of nitrogens with zero attached hydrogens (tertiary/aromatic N) is 4. The minimum absolute atomic E-state index is 0.150. The maximum absolute atomic E-state index is 11.7. The Morgan fingerprint density at radius 3 is 2.94 bits per heavy atom. The second kappa shape index (κ2) is 4.03. The van der Waals surface area contributed by atoms with Gasteiger partial charge in [-0.05, 0) is 12.1 Å². The van der Waals surface area contributed by atoms with Crippen LogP contribution in [0.2, 0.25) is 0 Å². The second-order valence-corrected chi connectivity index (χ2v) is 3.42. The van der Waals surface area contributed by atoms with Crippen LogP contribution in [0.25, 0.3) is 0 Å². The van der Waals surface area contributed by atoms with Gasteiger partial charge >= 0.3 is 0 Å². The van der Waals surface area contributed by atoms with Gasteiger partial charge in [-0.25, -0.2) is 4.98 Å². The van der Waals surface area contributed by atoms with Crippen LogP contribution in [0.3, 0.4) is 0 Å². The maximum atomic E-state index is 11.7. The van der Waals surface area contributed by atoms with Crippen LogP contribution in [0.4, 0.5) is 0 Å². The summed E-state index contributed by atoms with van der Waals surface area (Å²) in [6.07, 6.45) is 5.14. The molecule has 80 valence electrons. The molecule has 0 unspecified atom stereocenters. The predicted octanol–water partition coefficient (Wildman–Crippen LogP) is 0.502. The van der Waals surface area contributed by atoms with E-state index in [1.165, 1.54) is 10.6 Å². The molecule has 2 aromatic rings. The molecule has 2 heterocycles. The topological polar surface area (TPSA) is 63.6 Å². The van der Waals surface area contributed by atoms with Crippen LogP contribution in [-0.2, 0) is 13.6 Å². The molecule has 0 bridgehead atoms. The molecule has 5 heteroatoms. The third kappa shape index (κ3) is 1.73. The summed E-state index contributed by atoms with van der Waals surface area (Å²) >= 11 is 0. The van der Waals surface area contributed by atoms with Crippen LogP contribution in [0.15, 0.2) is 35.5 Å². The average molecular weight is 214 g/mol. The Morgan fingerprint density at radius 2 is 2.31 bits per heavy atom. The van der Waals surface area contributed by atoms with Crippen LogP contribution in [0.1, 0.15) is 11.4 Å². The Kier molecular flexibility index (Phi) is 2.56. The zero-order valence-electron chi connectivity index (χ0n) is 8.79. The van der Waals surface area contributed by atoms with E-state index in [4.69, 9.17) is 5.26 Å². The molecule has 0 aromatic carbocycles. The molecule has 0 fully saturated rings. The van der Waals surface area contributed by atoms with Gasteiger partial charge in [-0.15, -0.1) is 0 Å². The lowest BCUT2D eigenvalue weighted by atomic mass is 10.3. The van der Waals surface area contributed by atoms with E-state index in [2.05, 4.69) is 4.98 Å². The van der Waals surface area contributed by atoms with Crippen LogP contribution in [0.5, 0.6) is 0 Å². The van der Waals surface area contributed by atoms with Crippen LogP contribution in [-0.4, -0.2) is 14.1 Å². The van der Waals surface area contributed by atoms with Crippen molar-refractivity contribution in [2.45, 2.75) is 6.54 Å². The summed E-state index contributed by atoms with van der Waals surface area (Å²) in [6.45, 7) is 0.373. The lowest BCUT2D eigenvalue weighted by molar-refractivity contribution is 0.677. The molecule has 0 N–H and O–H groups in total. The monoisotopic (exact) mass is 214 g/mol. The highest BCUT2D eigenvalue weighted by Crippen LogP contribution is 1.97. The molecular weight excluding hydrogens is 204 g/mol. The van der Waals surface area contributed by atoms with Crippen LogP contribution in [0, 0.1) is 11.3 Å². The number of nitriles is 1. The molecule has 0 aliphatic carbocycles. The van der Waals surface area contributed by atoms with Gasteiger partial charge in [-0.1, -0.05) is 0 Å². The van der Waals surface area contributed by atoms with Crippen molar-refractivity contribution < 1.29 is 0 Å². The fraction of sp³-hybridized carbons (Fsp3) is 0.182. The van der Waals surface area contributed by atoms with Crippen molar-refractivity contribution in [2.75, 3.05) is 0 Å². The average Bonchev–Trinajstić information content (AvgIpc) is 2.68. The van der Waals surface area contributed by atoms with E-state index in [9.17, 15) is 4.79 Å². The Bertz CT molecular complexity index is 603. The molecular formula is C11H10N4O. The Morgan fingerprint density at radius 1 is 1.50 bits per heavy atom. The first-order chi connectivity index (χ1) is 7.72. The Balaban J connectivity index is 2.41. The summed E-state index contributed by atoms with van der Waals surface area (Å²) in [6, 6.07) is 5.06. The Labute approximate surface area is 92.2 Å². The first-order valence-electron chi connectivity index (χ1n) is 4.78. The predicted molar refractivity (Wildman–Crippen MR) is 57.7 cm³/mol. The van der Waals surface area contributed by atoms with Gasteiger partial charge in [0.2, 0.25) is 0 Å². The van der Waals surface area contributed by atoms with E-state index in [-0.39, 0.29) is 11.1 Å². The molecule has 2 aromatic heterocycles. The molecule has 0 aliphatic heterocycles. The standard InChI is InChI=1S/C11H10N4O/c1-14-6-4-13-10(14)8-15-5-2-3-9(7-12)11(15)16/h2-6H,8H2,1H3. The summed E-state index contributed by atoms with van der Waals surface area (Å²) in [7, 11) is 1.86. The van der Waals surface area contributed by atoms with Crippen LogP contribution < -0.4 is 5.56 Å². The highest BCUT2D eigenvalue weighted by molar-refractivity contribution is 5.25. The summed E-state index contributed by atoms with van der Waals surface area (Å²) in [5.41, 5.74) is -0.135. The van der Waals surface area contributed by atoms with Crippen molar-refractivity contribution in [2.24, 2.45) is 7.05 Å². The molecule has 0 saturated carbocycles. The zero-order valence-corrected chi connectivity index (χ0v) is 8.79. The van der Waals surface area contributed by atoms with Gasteiger partial charge < -0.3 is 9.13 Å². The minimum Gasteiger partial charge on any atom is -0.337 e. The number of imidazole rings is 1. The SMILES string of the molecule is Cn1ccnc1Cn1cccc(C#N)c1=O. The molecule has 16 heavy (non-hydrogen) atoms. The minimum atomic E-state index is -0.284.